The minimum Gasteiger partial charge on any atom is -0.563 e. The monoisotopic (exact) mass is 387 g/mol. The molecule has 2 heterocycles. The Morgan fingerprint density at radius 3 is 2.07 bits per heavy atom. The highest BCUT2D eigenvalue weighted by molar-refractivity contribution is 7.64. The Labute approximate surface area is 172 Å². The smallest absolute Gasteiger partial charge is 0.0127 e. The molecule has 28 heavy (non-hydrogen) atoms. The van der Waals surface area contributed by atoms with Crippen LogP contribution in [0.5, 0.6) is 0 Å². The van der Waals surface area contributed by atoms with Crippen molar-refractivity contribution in [3.63, 3.8) is 0 Å². The fraction of sp³-hybridized carbons (Fsp3) is 0.333. The van der Waals surface area contributed by atoms with Gasteiger partial charge in [0.25, 0.3) is 0 Å². The van der Waals surface area contributed by atoms with E-state index in [0.717, 1.165) is 0 Å². The maximum absolute atomic E-state index is 2.38. The van der Waals surface area contributed by atoms with Crippen LogP contribution in [0.4, 0.5) is 11.4 Å². The second-order valence-electron chi connectivity index (χ2n) is 8.48. The predicted molar refractivity (Wildman–Crippen MR) is 127 cm³/mol. The highest BCUT2D eigenvalue weighted by Gasteiger charge is 2.23. The van der Waals surface area contributed by atoms with Crippen LogP contribution >= 0.6 is 7.92 Å². The van der Waals surface area contributed by atoms with Gasteiger partial charge >= 0.3 is 0 Å². The molecule has 2 aliphatic rings. The van der Waals surface area contributed by atoms with Gasteiger partial charge in [-0.05, 0) is 59.4 Å². The fourth-order valence-corrected chi connectivity index (χ4v) is 5.20. The van der Waals surface area contributed by atoms with Crippen LogP contribution in [0.3, 0.4) is 0 Å². The van der Waals surface area contributed by atoms with Crippen molar-refractivity contribution in [1.82, 2.24) is 0 Å². The van der Waals surface area contributed by atoms with Crippen molar-refractivity contribution >= 4 is 38.2 Å². The zero-order valence-corrected chi connectivity index (χ0v) is 18.7. The minimum atomic E-state index is -0.177. The lowest BCUT2D eigenvalue weighted by Gasteiger charge is -2.43. The van der Waals surface area contributed by atoms with Crippen molar-refractivity contribution < 1.29 is 0 Å². The van der Waals surface area contributed by atoms with Crippen LogP contribution in [0.15, 0.2) is 54.4 Å². The maximum atomic E-state index is 2.38. The molecule has 2 aromatic rings. The molecule has 0 atom stereocenters. The van der Waals surface area contributed by atoms with Gasteiger partial charge in [0.15, 0.2) is 0 Å². The summed E-state index contributed by atoms with van der Waals surface area (Å²) in [6, 6.07) is 13.5. The van der Waals surface area contributed by atoms with E-state index in [0.29, 0.717) is 11.8 Å². The highest BCUT2D eigenvalue weighted by Crippen LogP contribution is 2.42. The summed E-state index contributed by atoms with van der Waals surface area (Å²) in [5.74, 6) is 0.964. The molecule has 0 unspecified atom stereocenters. The molecule has 0 aromatic heterocycles. The number of allylic oxidation sites excluding steroid dienone is 1. The summed E-state index contributed by atoms with van der Waals surface area (Å²) in [5.41, 5.74) is 8.06. The summed E-state index contributed by atoms with van der Waals surface area (Å²) in [4.78, 5) is 4.73. The molecule has 0 aliphatic carbocycles. The predicted octanol–water partition coefficient (Wildman–Crippen LogP) is 6.03. The van der Waals surface area contributed by atoms with Gasteiger partial charge in [0.1, 0.15) is 0 Å². The van der Waals surface area contributed by atoms with Crippen molar-refractivity contribution in [2.75, 3.05) is 23.0 Å². The summed E-state index contributed by atoms with van der Waals surface area (Å²) >= 11 is 0. The van der Waals surface area contributed by atoms with Gasteiger partial charge in [0.05, 0.1) is 0 Å². The Hall–Kier alpha value is -1.99. The standard InChI is InChI=1S/C24H29BN2P/c1-16(2)20-10-8-11-21(17(3)4)24(20)26-15-19-14-13-18-9-7-12-22(28(5)6)23(18)27(19)25-26/h7-17H,1-6H3/q-1. The second kappa shape index (κ2) is 7.45. The third kappa shape index (κ3) is 3.20. The number of fused-ring (bicyclic) bond motifs is 3. The molecule has 0 saturated heterocycles. The average Bonchev–Trinajstić information content (AvgIpc) is 3.10. The normalized spacial score (nSPS) is 15.5. The summed E-state index contributed by atoms with van der Waals surface area (Å²) in [6.45, 7) is 13.8. The average molecular weight is 387 g/mol. The molecular weight excluding hydrogens is 358 g/mol. The molecule has 0 saturated carbocycles. The Kier molecular flexibility index (Phi) is 5.14. The number of anilines is 2. The molecule has 2 nitrogen and oxygen atoms in total. The summed E-state index contributed by atoms with van der Waals surface area (Å²) in [7, 11) is 2.11. The van der Waals surface area contributed by atoms with Gasteiger partial charge < -0.3 is 9.62 Å². The van der Waals surface area contributed by atoms with Crippen LogP contribution < -0.4 is 14.9 Å². The van der Waals surface area contributed by atoms with Gasteiger partial charge in [-0.2, -0.15) is 0 Å². The van der Waals surface area contributed by atoms with Crippen molar-refractivity contribution in [3.8, 4) is 0 Å². The molecule has 4 rings (SSSR count). The first-order chi connectivity index (χ1) is 13.4. The summed E-state index contributed by atoms with van der Waals surface area (Å²) < 4.78 is 0. The van der Waals surface area contributed by atoms with Gasteiger partial charge in [-0.15, -0.1) is 0 Å². The van der Waals surface area contributed by atoms with Crippen molar-refractivity contribution in [3.05, 3.63) is 71.1 Å². The quantitative estimate of drug-likeness (QED) is 0.467. The van der Waals surface area contributed by atoms with E-state index in [9.17, 15) is 0 Å². The van der Waals surface area contributed by atoms with E-state index in [4.69, 9.17) is 0 Å². The van der Waals surface area contributed by atoms with E-state index in [-0.39, 0.29) is 7.92 Å². The maximum Gasteiger partial charge on any atom is 0.0127 e. The van der Waals surface area contributed by atoms with Crippen molar-refractivity contribution in [2.24, 2.45) is 0 Å². The number of rotatable bonds is 4. The van der Waals surface area contributed by atoms with Crippen LogP contribution in [0.1, 0.15) is 56.2 Å². The zero-order chi connectivity index (χ0) is 20.0. The molecule has 0 bridgehead atoms. The molecule has 2 aliphatic heterocycles. The first-order valence-electron chi connectivity index (χ1n) is 10.1. The third-order valence-corrected chi connectivity index (χ3v) is 6.92. The largest absolute Gasteiger partial charge is 0.563 e. The lowest BCUT2D eigenvalue weighted by molar-refractivity contribution is 0.833. The number of nitrogens with zero attached hydrogens (tertiary/aromatic N) is 2. The van der Waals surface area contributed by atoms with Crippen LogP contribution in [0.2, 0.25) is 0 Å². The topological polar surface area (TPSA) is 6.48 Å². The number of para-hydroxylation sites is 2. The lowest BCUT2D eigenvalue weighted by Crippen LogP contribution is -2.35. The van der Waals surface area contributed by atoms with Gasteiger partial charge in [0, 0.05) is 17.1 Å². The fourth-order valence-electron chi connectivity index (χ4n) is 4.15. The van der Waals surface area contributed by atoms with Gasteiger partial charge in [-0.1, -0.05) is 85.6 Å². The molecule has 2 radical (unpaired) electrons. The van der Waals surface area contributed by atoms with E-state index >= 15 is 0 Å². The van der Waals surface area contributed by atoms with Crippen LogP contribution in [0, 0.1) is 0 Å². The summed E-state index contributed by atoms with van der Waals surface area (Å²) in [6.07, 6.45) is 6.79. The lowest BCUT2D eigenvalue weighted by atomic mass is 9.89. The molecule has 0 amide bonds. The number of benzene rings is 2. The van der Waals surface area contributed by atoms with Crippen molar-refractivity contribution in [2.45, 2.75) is 39.5 Å². The Balaban J connectivity index is 1.82. The van der Waals surface area contributed by atoms with E-state index in [2.05, 4.69) is 113 Å². The zero-order valence-electron chi connectivity index (χ0n) is 17.8. The van der Waals surface area contributed by atoms with Crippen LogP contribution in [0.25, 0.3) is 6.08 Å². The molecule has 0 N–H and O–H groups in total. The Morgan fingerprint density at radius 1 is 0.821 bits per heavy atom. The van der Waals surface area contributed by atoms with Crippen molar-refractivity contribution in [1.29, 1.82) is 0 Å². The first kappa shape index (κ1) is 19.3. The number of hydrogen-bond donors (Lipinski definition) is 0. The van der Waals surface area contributed by atoms with Gasteiger partial charge in [-0.25, -0.2) is 0 Å². The molecular formula is C24H29BN2P-. The van der Waals surface area contributed by atoms with Crippen LogP contribution in [-0.2, 0) is 0 Å². The Morgan fingerprint density at radius 2 is 1.46 bits per heavy atom. The first-order valence-corrected chi connectivity index (χ1v) is 12.4. The molecule has 0 fully saturated rings. The van der Waals surface area contributed by atoms with E-state index in [1.807, 2.05) is 0 Å². The molecule has 0 spiro atoms. The van der Waals surface area contributed by atoms with Crippen LogP contribution in [-0.4, -0.2) is 20.9 Å². The highest BCUT2D eigenvalue weighted by atomic mass is 31.1. The van der Waals surface area contributed by atoms with E-state index < -0.39 is 0 Å². The van der Waals surface area contributed by atoms with Gasteiger partial charge in [-0.3, -0.25) is 0 Å². The summed E-state index contributed by atoms with van der Waals surface area (Å²) in [5, 5.41) is 1.46. The molecule has 4 heteroatoms. The molecule has 2 aromatic carbocycles. The molecule has 144 valence electrons. The van der Waals surface area contributed by atoms with E-state index in [1.165, 1.54) is 39.1 Å². The minimum absolute atomic E-state index is 0.177. The van der Waals surface area contributed by atoms with Gasteiger partial charge in [0.2, 0.25) is 0 Å². The number of hydrogen-bond acceptors (Lipinski definition) is 2. The third-order valence-electron chi connectivity index (χ3n) is 5.59. The second-order valence-corrected chi connectivity index (χ2v) is 10.8. The van der Waals surface area contributed by atoms with E-state index in [1.54, 1.807) is 0 Å². The SMILES string of the molecule is CC(C)c1cccc(C(C)C)c1N1[B-]N2C(=C1)C=Cc1cccc(P(C)C)c12. The Bertz CT molecular complexity index is 933.